The van der Waals surface area contributed by atoms with Gasteiger partial charge in [-0.3, -0.25) is 0 Å². The first-order chi connectivity index (χ1) is 14.7. The lowest BCUT2D eigenvalue weighted by Crippen LogP contribution is -2.21. The molecule has 0 unspecified atom stereocenters. The zero-order chi connectivity index (χ0) is 22.5. The highest BCUT2D eigenvalue weighted by Gasteiger charge is 2.09. The highest BCUT2D eigenvalue weighted by atomic mass is 35.5. The molecule has 0 aliphatic rings. The second kappa shape index (κ2) is 9.73. The van der Waals surface area contributed by atoms with Gasteiger partial charge in [-0.1, -0.05) is 41.4 Å². The van der Waals surface area contributed by atoms with Gasteiger partial charge in [0, 0.05) is 32.8 Å². The predicted octanol–water partition coefficient (Wildman–Crippen LogP) is 7.21. The molecule has 3 aromatic rings. The Morgan fingerprint density at radius 2 is 0.968 bits per heavy atom. The van der Waals surface area contributed by atoms with Crippen molar-refractivity contribution in [2.24, 2.45) is 0 Å². The second-order valence-electron chi connectivity index (χ2n) is 7.12. The zero-order valence-corrected chi connectivity index (χ0v) is 18.8. The van der Waals surface area contributed by atoms with Crippen molar-refractivity contribution in [3.8, 4) is 0 Å². The third-order valence-electron chi connectivity index (χ3n) is 4.60. The lowest BCUT2D eigenvalue weighted by molar-refractivity contribution is 0.261. The number of anilines is 4. The van der Waals surface area contributed by atoms with E-state index in [2.05, 4.69) is 21.3 Å². The molecule has 0 spiro atoms. The van der Waals surface area contributed by atoms with E-state index in [1.54, 1.807) is 42.5 Å². The number of carbonyl (C=O) groups is 2. The van der Waals surface area contributed by atoms with Crippen molar-refractivity contribution in [2.75, 3.05) is 21.3 Å². The smallest absolute Gasteiger partial charge is 0.308 e. The molecule has 3 aromatic carbocycles. The Balaban J connectivity index is 1.64. The number of carbonyl (C=O) groups excluding carboxylic acids is 2. The van der Waals surface area contributed by atoms with Crippen molar-refractivity contribution in [3.63, 3.8) is 0 Å². The molecule has 0 saturated carbocycles. The van der Waals surface area contributed by atoms with Gasteiger partial charge < -0.3 is 21.3 Å². The fraction of sp³-hybridized carbons (Fsp3) is 0.130. The molecule has 6 nitrogen and oxygen atoms in total. The third-order valence-corrected chi connectivity index (χ3v) is 5.42. The second-order valence-corrected chi connectivity index (χ2v) is 7.93. The summed E-state index contributed by atoms with van der Waals surface area (Å²) in [6.07, 6.45) is 0. The molecule has 0 radical (unpaired) electrons. The van der Waals surface area contributed by atoms with Crippen molar-refractivity contribution in [2.45, 2.75) is 20.8 Å². The van der Waals surface area contributed by atoms with Crippen LogP contribution in [0.1, 0.15) is 16.7 Å². The molecule has 0 aliphatic carbocycles. The van der Waals surface area contributed by atoms with Crippen LogP contribution in [-0.4, -0.2) is 12.1 Å². The fourth-order valence-corrected chi connectivity index (χ4v) is 3.11. The van der Waals surface area contributed by atoms with Gasteiger partial charge in [0.05, 0.1) is 0 Å². The molecule has 0 atom stereocenters. The number of urea groups is 2. The van der Waals surface area contributed by atoms with Crippen molar-refractivity contribution < 1.29 is 9.59 Å². The minimum atomic E-state index is -0.423. The van der Waals surface area contributed by atoms with Crippen LogP contribution < -0.4 is 21.3 Å². The van der Waals surface area contributed by atoms with Crippen LogP contribution in [0.15, 0.2) is 54.6 Å². The van der Waals surface area contributed by atoms with Gasteiger partial charge in [0.25, 0.3) is 0 Å². The first kappa shape index (κ1) is 22.5. The minimum absolute atomic E-state index is 0.418. The maximum Gasteiger partial charge on any atom is 0.323 e. The SMILES string of the molecule is Cc1ccc(NC(=O)Nc2ccc(C)c(NC(=O)Nc3ccc(C)c(Cl)c3)c2)cc1Cl. The maximum absolute atomic E-state index is 12.4. The van der Waals surface area contributed by atoms with Gasteiger partial charge in [-0.15, -0.1) is 0 Å². The highest BCUT2D eigenvalue weighted by molar-refractivity contribution is 6.32. The van der Waals surface area contributed by atoms with E-state index in [0.717, 1.165) is 16.7 Å². The topological polar surface area (TPSA) is 82.3 Å². The third kappa shape index (κ3) is 6.13. The van der Waals surface area contributed by atoms with Gasteiger partial charge in [-0.25, -0.2) is 9.59 Å². The predicted molar refractivity (Wildman–Crippen MR) is 129 cm³/mol. The quantitative estimate of drug-likeness (QED) is 0.334. The van der Waals surface area contributed by atoms with Crippen LogP contribution in [0.25, 0.3) is 0 Å². The molecule has 0 aromatic heterocycles. The standard InChI is InChI=1S/C23H22Cl2N4O2/c1-13-4-7-16(10-19(13)24)26-22(30)28-18-9-6-15(3)21(12-18)29-23(31)27-17-8-5-14(2)20(25)11-17/h4-12H,1-3H3,(H2,26,28,30)(H2,27,29,31). The summed E-state index contributed by atoms with van der Waals surface area (Å²) in [5, 5.41) is 12.1. The number of hydrogen-bond donors (Lipinski definition) is 4. The largest absolute Gasteiger partial charge is 0.323 e. The Morgan fingerprint density at radius 1 is 0.581 bits per heavy atom. The van der Waals surface area contributed by atoms with E-state index < -0.39 is 12.1 Å². The summed E-state index contributed by atoms with van der Waals surface area (Å²) in [5.41, 5.74) is 4.93. The van der Waals surface area contributed by atoms with E-state index >= 15 is 0 Å². The first-order valence-electron chi connectivity index (χ1n) is 9.50. The summed E-state index contributed by atoms with van der Waals surface area (Å²) in [6, 6.07) is 14.9. The molecule has 0 saturated heterocycles. The Morgan fingerprint density at radius 3 is 1.42 bits per heavy atom. The first-order valence-corrected chi connectivity index (χ1v) is 10.3. The lowest BCUT2D eigenvalue weighted by Gasteiger charge is -2.13. The number of aryl methyl sites for hydroxylation is 3. The monoisotopic (exact) mass is 456 g/mol. The van der Waals surface area contributed by atoms with Gasteiger partial charge in [0.15, 0.2) is 0 Å². The van der Waals surface area contributed by atoms with Crippen LogP contribution in [0, 0.1) is 20.8 Å². The van der Waals surface area contributed by atoms with E-state index in [0.29, 0.717) is 32.8 Å². The summed E-state index contributed by atoms with van der Waals surface area (Å²) in [4.78, 5) is 24.7. The Bertz CT molecular complexity index is 1150. The van der Waals surface area contributed by atoms with E-state index in [1.165, 1.54) is 0 Å². The summed E-state index contributed by atoms with van der Waals surface area (Å²) in [5.74, 6) is 0. The molecule has 0 aliphatic heterocycles. The molecular weight excluding hydrogens is 435 g/mol. The van der Waals surface area contributed by atoms with Crippen LogP contribution in [0.3, 0.4) is 0 Å². The van der Waals surface area contributed by atoms with Crippen LogP contribution in [0.2, 0.25) is 10.0 Å². The molecule has 0 heterocycles. The van der Waals surface area contributed by atoms with E-state index in [1.807, 2.05) is 32.9 Å². The normalized spacial score (nSPS) is 10.4. The summed E-state index contributed by atoms with van der Waals surface area (Å²) >= 11 is 12.2. The molecule has 3 rings (SSSR count). The Kier molecular flexibility index (Phi) is 7.05. The van der Waals surface area contributed by atoms with Gasteiger partial charge in [-0.05, 0) is 73.9 Å². The molecule has 8 heteroatoms. The average Bonchev–Trinajstić information content (AvgIpc) is 2.70. The van der Waals surface area contributed by atoms with E-state index in [4.69, 9.17) is 23.2 Å². The number of benzene rings is 3. The van der Waals surface area contributed by atoms with Crippen LogP contribution in [-0.2, 0) is 0 Å². The van der Waals surface area contributed by atoms with Crippen LogP contribution in [0.5, 0.6) is 0 Å². The van der Waals surface area contributed by atoms with Crippen LogP contribution >= 0.6 is 23.2 Å². The van der Waals surface area contributed by atoms with Crippen molar-refractivity contribution in [1.29, 1.82) is 0 Å². The van der Waals surface area contributed by atoms with Gasteiger partial charge in [-0.2, -0.15) is 0 Å². The van der Waals surface area contributed by atoms with Crippen molar-refractivity contribution >= 4 is 58.0 Å². The number of amides is 4. The Labute approximate surface area is 190 Å². The summed E-state index contributed by atoms with van der Waals surface area (Å²) < 4.78 is 0. The summed E-state index contributed by atoms with van der Waals surface area (Å²) in [7, 11) is 0. The number of nitrogens with one attached hydrogen (secondary N) is 4. The molecular formula is C23H22Cl2N4O2. The number of hydrogen-bond acceptors (Lipinski definition) is 2. The minimum Gasteiger partial charge on any atom is -0.308 e. The number of rotatable bonds is 4. The maximum atomic E-state index is 12.4. The lowest BCUT2D eigenvalue weighted by atomic mass is 10.2. The molecule has 4 N–H and O–H groups in total. The van der Waals surface area contributed by atoms with E-state index in [-0.39, 0.29) is 0 Å². The molecule has 160 valence electrons. The van der Waals surface area contributed by atoms with E-state index in [9.17, 15) is 9.59 Å². The summed E-state index contributed by atoms with van der Waals surface area (Å²) in [6.45, 7) is 5.63. The van der Waals surface area contributed by atoms with Gasteiger partial charge in [0.2, 0.25) is 0 Å². The van der Waals surface area contributed by atoms with Gasteiger partial charge in [0.1, 0.15) is 0 Å². The van der Waals surface area contributed by atoms with Gasteiger partial charge >= 0.3 is 12.1 Å². The molecule has 4 amide bonds. The highest BCUT2D eigenvalue weighted by Crippen LogP contribution is 2.23. The Hall–Kier alpha value is -3.22. The van der Waals surface area contributed by atoms with Crippen molar-refractivity contribution in [3.05, 3.63) is 81.3 Å². The molecule has 0 bridgehead atoms. The average molecular weight is 457 g/mol. The fourth-order valence-electron chi connectivity index (χ4n) is 2.75. The molecule has 0 fully saturated rings. The van der Waals surface area contributed by atoms with Crippen LogP contribution in [0.4, 0.5) is 32.3 Å². The zero-order valence-electron chi connectivity index (χ0n) is 17.3. The van der Waals surface area contributed by atoms with Crippen molar-refractivity contribution in [1.82, 2.24) is 0 Å². The molecule has 31 heavy (non-hydrogen) atoms. The number of halogens is 2.